The van der Waals surface area contributed by atoms with Gasteiger partial charge >= 0.3 is 0 Å². The zero-order chi connectivity index (χ0) is 9.10. The summed E-state index contributed by atoms with van der Waals surface area (Å²) in [5.74, 6) is 0.171. The topological polar surface area (TPSA) is 41.6 Å². The van der Waals surface area contributed by atoms with Gasteiger partial charge in [0.15, 0.2) is 6.10 Å². The van der Waals surface area contributed by atoms with Gasteiger partial charge in [-0.2, -0.15) is 0 Å². The number of nitrogens with zero attached hydrogens (tertiary/aromatic N) is 1. The van der Waals surface area contributed by atoms with Crippen LogP contribution in [-0.2, 0) is 9.63 Å². The van der Waals surface area contributed by atoms with E-state index >= 15 is 0 Å². The van der Waals surface area contributed by atoms with Crippen molar-refractivity contribution in [3.8, 4) is 0 Å². The third kappa shape index (κ3) is 2.00. The number of carbonyl (C=O) groups excluding carboxylic acids is 1. The summed E-state index contributed by atoms with van der Waals surface area (Å²) in [6.45, 7) is 2.63. The van der Waals surface area contributed by atoms with Crippen molar-refractivity contribution in [2.75, 3.05) is 19.6 Å². The Morgan fingerprint density at radius 3 is 2.69 bits per heavy atom. The van der Waals surface area contributed by atoms with Crippen LogP contribution in [0.5, 0.6) is 0 Å². The number of nitrogens with one attached hydrogen (secondary N) is 1. The first-order valence-corrected chi connectivity index (χ1v) is 5.05. The Hall–Kier alpha value is -0.610. The van der Waals surface area contributed by atoms with Crippen molar-refractivity contribution in [3.05, 3.63) is 0 Å². The summed E-state index contributed by atoms with van der Waals surface area (Å²) in [5.41, 5.74) is 2.74. The lowest BCUT2D eigenvalue weighted by Crippen LogP contribution is -2.42. The number of likely N-dealkylation sites (tertiary alicyclic amines) is 1. The van der Waals surface area contributed by atoms with Crippen LogP contribution in [0.15, 0.2) is 0 Å². The number of carbonyl (C=O) groups is 1. The molecule has 2 aliphatic rings. The quantitative estimate of drug-likeness (QED) is 0.637. The summed E-state index contributed by atoms with van der Waals surface area (Å²) in [5, 5.41) is 0. The molecule has 1 unspecified atom stereocenters. The van der Waals surface area contributed by atoms with E-state index in [1.165, 1.54) is 6.42 Å². The molecule has 0 bridgehead atoms. The second-order valence-corrected chi connectivity index (χ2v) is 3.68. The van der Waals surface area contributed by atoms with E-state index in [0.29, 0.717) is 0 Å². The molecule has 4 heteroatoms. The van der Waals surface area contributed by atoms with Gasteiger partial charge in [0.2, 0.25) is 0 Å². The molecule has 1 atom stereocenters. The fourth-order valence-electron chi connectivity index (χ4n) is 1.90. The van der Waals surface area contributed by atoms with Crippen molar-refractivity contribution in [1.82, 2.24) is 10.4 Å². The molecule has 0 spiro atoms. The third-order valence-electron chi connectivity index (χ3n) is 2.68. The van der Waals surface area contributed by atoms with E-state index in [1.54, 1.807) is 0 Å². The van der Waals surface area contributed by atoms with Gasteiger partial charge in [0.05, 0.1) is 0 Å². The predicted octanol–water partition coefficient (Wildman–Crippen LogP) is 0.292. The number of hydroxylamine groups is 1. The second-order valence-electron chi connectivity index (χ2n) is 3.68. The zero-order valence-electron chi connectivity index (χ0n) is 7.79. The number of amides is 1. The molecule has 0 saturated carbocycles. The minimum absolute atomic E-state index is 0.171. The van der Waals surface area contributed by atoms with Crippen LogP contribution < -0.4 is 5.48 Å². The maximum Gasteiger partial charge on any atom is 0.253 e. The minimum atomic E-state index is -0.224. The summed E-state index contributed by atoms with van der Waals surface area (Å²) in [6.07, 6.45) is 4.14. The van der Waals surface area contributed by atoms with Gasteiger partial charge in [0.25, 0.3) is 5.91 Å². The summed E-state index contributed by atoms with van der Waals surface area (Å²) >= 11 is 0. The first kappa shape index (κ1) is 8.97. The van der Waals surface area contributed by atoms with Crippen LogP contribution in [0.2, 0.25) is 0 Å². The molecule has 0 aromatic rings. The summed E-state index contributed by atoms with van der Waals surface area (Å²) in [7, 11) is 0. The molecule has 4 nitrogen and oxygen atoms in total. The van der Waals surface area contributed by atoms with Crippen molar-refractivity contribution < 1.29 is 9.63 Å². The number of hydrogen-bond donors (Lipinski definition) is 1. The molecule has 13 heavy (non-hydrogen) atoms. The molecule has 1 N–H and O–H groups in total. The average Bonchev–Trinajstić information content (AvgIpc) is 2.71. The summed E-state index contributed by atoms with van der Waals surface area (Å²) in [6, 6.07) is 0. The highest BCUT2D eigenvalue weighted by Gasteiger charge is 2.28. The average molecular weight is 184 g/mol. The van der Waals surface area contributed by atoms with Crippen molar-refractivity contribution in [1.29, 1.82) is 0 Å². The zero-order valence-corrected chi connectivity index (χ0v) is 7.79. The van der Waals surface area contributed by atoms with E-state index in [2.05, 4.69) is 5.48 Å². The molecule has 2 aliphatic heterocycles. The first-order chi connectivity index (χ1) is 6.38. The molecule has 2 fully saturated rings. The SMILES string of the molecule is O=C(C1CCNO1)N1CCCCC1. The molecule has 2 saturated heterocycles. The van der Waals surface area contributed by atoms with E-state index in [0.717, 1.165) is 38.9 Å². The van der Waals surface area contributed by atoms with Gasteiger partial charge in [0, 0.05) is 19.6 Å². The van der Waals surface area contributed by atoms with Gasteiger partial charge in [-0.3, -0.25) is 9.63 Å². The molecular formula is C9H16N2O2. The normalized spacial score (nSPS) is 29.2. The van der Waals surface area contributed by atoms with Gasteiger partial charge in [0.1, 0.15) is 0 Å². The Balaban J connectivity index is 1.87. The first-order valence-electron chi connectivity index (χ1n) is 5.05. The maximum absolute atomic E-state index is 11.8. The lowest BCUT2D eigenvalue weighted by atomic mass is 10.1. The summed E-state index contributed by atoms with van der Waals surface area (Å²) in [4.78, 5) is 18.8. The number of rotatable bonds is 1. The van der Waals surface area contributed by atoms with Gasteiger partial charge in [-0.15, -0.1) is 0 Å². The third-order valence-corrected chi connectivity index (χ3v) is 2.68. The number of piperidine rings is 1. The smallest absolute Gasteiger partial charge is 0.253 e. The molecule has 0 aliphatic carbocycles. The lowest BCUT2D eigenvalue weighted by Gasteiger charge is -2.28. The molecule has 2 heterocycles. The van der Waals surface area contributed by atoms with Crippen molar-refractivity contribution >= 4 is 5.91 Å². The highest BCUT2D eigenvalue weighted by atomic mass is 16.7. The van der Waals surface area contributed by atoms with E-state index < -0.39 is 0 Å². The second kappa shape index (κ2) is 4.07. The van der Waals surface area contributed by atoms with Gasteiger partial charge in [-0.05, 0) is 25.7 Å². The Bertz CT molecular complexity index is 184. The fourth-order valence-corrected chi connectivity index (χ4v) is 1.90. The fraction of sp³-hybridized carbons (Fsp3) is 0.889. The predicted molar refractivity (Wildman–Crippen MR) is 47.9 cm³/mol. The molecule has 0 aromatic carbocycles. The van der Waals surface area contributed by atoms with Gasteiger partial charge in [-0.25, -0.2) is 5.48 Å². The Kier molecular flexibility index (Phi) is 2.80. The van der Waals surface area contributed by atoms with E-state index in [9.17, 15) is 4.79 Å². The van der Waals surface area contributed by atoms with E-state index in [4.69, 9.17) is 4.84 Å². The molecule has 0 radical (unpaired) electrons. The van der Waals surface area contributed by atoms with Crippen LogP contribution >= 0.6 is 0 Å². The lowest BCUT2D eigenvalue weighted by molar-refractivity contribution is -0.144. The molecule has 1 amide bonds. The monoisotopic (exact) mass is 184 g/mol. The van der Waals surface area contributed by atoms with Crippen molar-refractivity contribution in [2.24, 2.45) is 0 Å². The van der Waals surface area contributed by atoms with Crippen molar-refractivity contribution in [2.45, 2.75) is 31.8 Å². The van der Waals surface area contributed by atoms with Gasteiger partial charge < -0.3 is 4.90 Å². The summed E-state index contributed by atoms with van der Waals surface area (Å²) < 4.78 is 0. The van der Waals surface area contributed by atoms with Crippen LogP contribution in [0.4, 0.5) is 0 Å². The van der Waals surface area contributed by atoms with E-state index in [-0.39, 0.29) is 12.0 Å². The van der Waals surface area contributed by atoms with Crippen LogP contribution in [0, 0.1) is 0 Å². The largest absolute Gasteiger partial charge is 0.340 e. The van der Waals surface area contributed by atoms with E-state index in [1.807, 2.05) is 4.90 Å². The van der Waals surface area contributed by atoms with Crippen molar-refractivity contribution in [3.63, 3.8) is 0 Å². The molecule has 2 rings (SSSR count). The van der Waals surface area contributed by atoms with Gasteiger partial charge in [-0.1, -0.05) is 0 Å². The highest BCUT2D eigenvalue weighted by molar-refractivity contribution is 5.81. The standard InChI is InChI=1S/C9H16N2O2/c12-9(8-4-5-10-13-8)11-6-2-1-3-7-11/h8,10H,1-7H2. The molecule has 74 valence electrons. The molecular weight excluding hydrogens is 168 g/mol. The Labute approximate surface area is 78.2 Å². The number of hydrogen-bond acceptors (Lipinski definition) is 3. The van der Waals surface area contributed by atoms with Crippen LogP contribution in [0.1, 0.15) is 25.7 Å². The molecule has 0 aromatic heterocycles. The van der Waals surface area contributed by atoms with Crippen LogP contribution in [0.25, 0.3) is 0 Å². The highest BCUT2D eigenvalue weighted by Crippen LogP contribution is 2.13. The minimum Gasteiger partial charge on any atom is -0.340 e. The van der Waals surface area contributed by atoms with Crippen LogP contribution in [-0.4, -0.2) is 36.5 Å². The Morgan fingerprint density at radius 1 is 1.31 bits per heavy atom. The maximum atomic E-state index is 11.8. The van der Waals surface area contributed by atoms with Crippen LogP contribution in [0.3, 0.4) is 0 Å². The Morgan fingerprint density at radius 2 is 2.08 bits per heavy atom.